The molecule has 1 heterocycles. The molecule has 1 amide bonds. The Balaban J connectivity index is 1.49. The van der Waals surface area contributed by atoms with E-state index in [4.69, 9.17) is 9.47 Å². The van der Waals surface area contributed by atoms with Crippen molar-refractivity contribution in [3.8, 4) is 28.6 Å². The molecule has 3 aromatic carbocycles. The summed E-state index contributed by atoms with van der Waals surface area (Å²) in [6.07, 6.45) is 1.41. The Morgan fingerprint density at radius 1 is 1.00 bits per heavy atom. The second-order valence-electron chi connectivity index (χ2n) is 7.50. The number of carbonyl (C=O) groups excluding carboxylic acids is 1. The van der Waals surface area contributed by atoms with Crippen molar-refractivity contribution < 1.29 is 19.2 Å². The molecule has 188 valence electrons. The second kappa shape index (κ2) is 11.8. The van der Waals surface area contributed by atoms with Gasteiger partial charge in [0.05, 0.1) is 31.1 Å². The van der Waals surface area contributed by atoms with Gasteiger partial charge in [0.2, 0.25) is 0 Å². The number of nitro benzene ring substituents is 1. The van der Waals surface area contributed by atoms with Crippen LogP contribution < -0.4 is 14.9 Å². The fourth-order valence-corrected chi connectivity index (χ4v) is 4.02. The van der Waals surface area contributed by atoms with E-state index in [0.717, 1.165) is 17.0 Å². The summed E-state index contributed by atoms with van der Waals surface area (Å²) in [5.41, 5.74) is 4.67. The summed E-state index contributed by atoms with van der Waals surface area (Å²) in [5, 5.41) is 23.9. The van der Waals surface area contributed by atoms with E-state index < -0.39 is 4.92 Å². The predicted molar refractivity (Wildman–Crippen MR) is 139 cm³/mol. The maximum absolute atomic E-state index is 12.4. The van der Waals surface area contributed by atoms with Gasteiger partial charge in [-0.1, -0.05) is 11.8 Å². The first kappa shape index (κ1) is 25.4. The summed E-state index contributed by atoms with van der Waals surface area (Å²) < 4.78 is 12.4. The molecule has 0 saturated carbocycles. The van der Waals surface area contributed by atoms with Crippen LogP contribution >= 0.6 is 11.8 Å². The number of non-ortho nitro benzene ring substituents is 1. The van der Waals surface area contributed by atoms with Gasteiger partial charge in [0.15, 0.2) is 11.0 Å². The van der Waals surface area contributed by atoms with Crippen molar-refractivity contribution >= 4 is 29.6 Å². The number of amides is 1. The normalized spacial score (nSPS) is 10.9. The van der Waals surface area contributed by atoms with Gasteiger partial charge in [0.25, 0.3) is 11.6 Å². The molecule has 0 saturated heterocycles. The summed E-state index contributed by atoms with van der Waals surface area (Å²) in [6, 6.07) is 20.7. The predicted octanol–water partition coefficient (Wildman–Crippen LogP) is 4.10. The maximum Gasteiger partial charge on any atom is 0.269 e. The lowest BCUT2D eigenvalue weighted by molar-refractivity contribution is -0.384. The molecule has 0 aliphatic rings. The molecule has 0 aliphatic carbocycles. The van der Waals surface area contributed by atoms with E-state index in [1.165, 1.54) is 30.1 Å². The summed E-state index contributed by atoms with van der Waals surface area (Å²) in [4.78, 5) is 22.7. The Hall–Kier alpha value is -4.71. The Bertz CT molecular complexity index is 1400. The molecule has 0 fully saturated rings. The van der Waals surface area contributed by atoms with Crippen molar-refractivity contribution in [3.05, 3.63) is 88.5 Å². The quantitative estimate of drug-likeness (QED) is 0.144. The number of carbonyl (C=O) groups is 1. The average Bonchev–Trinajstić information content (AvgIpc) is 3.36. The summed E-state index contributed by atoms with van der Waals surface area (Å²) >= 11 is 1.21. The minimum Gasteiger partial charge on any atom is -0.497 e. The van der Waals surface area contributed by atoms with Gasteiger partial charge in [0.1, 0.15) is 11.5 Å². The topological polar surface area (TPSA) is 134 Å². The van der Waals surface area contributed by atoms with Gasteiger partial charge >= 0.3 is 0 Å². The first-order chi connectivity index (χ1) is 18.0. The smallest absolute Gasteiger partial charge is 0.269 e. The number of hydrazone groups is 1. The highest BCUT2D eigenvalue weighted by Gasteiger charge is 2.17. The van der Waals surface area contributed by atoms with E-state index >= 15 is 0 Å². The molecule has 1 N–H and O–H groups in total. The monoisotopic (exact) mass is 518 g/mol. The second-order valence-corrected chi connectivity index (χ2v) is 8.44. The molecular weight excluding hydrogens is 496 g/mol. The van der Waals surface area contributed by atoms with Crippen LogP contribution in [0.2, 0.25) is 0 Å². The molecule has 37 heavy (non-hydrogen) atoms. The third kappa shape index (κ3) is 6.30. The van der Waals surface area contributed by atoms with Gasteiger partial charge in [-0.05, 0) is 66.2 Å². The van der Waals surface area contributed by atoms with Gasteiger partial charge < -0.3 is 9.47 Å². The molecule has 4 aromatic rings. The lowest BCUT2D eigenvalue weighted by Crippen LogP contribution is -2.20. The summed E-state index contributed by atoms with van der Waals surface area (Å²) in [5.74, 6) is 1.72. The van der Waals surface area contributed by atoms with Gasteiger partial charge in [-0.25, -0.2) is 5.43 Å². The van der Waals surface area contributed by atoms with Crippen LogP contribution in [0.25, 0.3) is 17.1 Å². The van der Waals surface area contributed by atoms with Crippen LogP contribution in [0.5, 0.6) is 11.5 Å². The third-order valence-electron chi connectivity index (χ3n) is 5.15. The SMILES string of the molecule is COc1ccc(-c2nnc(SCC(=O)N/N=C\c3ccc([N+](=O)[O-])cc3)n2-c2ccc(OC)cc2)cc1. The van der Waals surface area contributed by atoms with Crippen LogP contribution in [-0.4, -0.2) is 51.8 Å². The Morgan fingerprint density at radius 2 is 1.62 bits per heavy atom. The highest BCUT2D eigenvalue weighted by Crippen LogP contribution is 2.29. The van der Waals surface area contributed by atoms with Crippen LogP contribution in [0.15, 0.2) is 83.1 Å². The first-order valence-electron chi connectivity index (χ1n) is 10.9. The van der Waals surface area contributed by atoms with E-state index in [1.807, 2.05) is 53.1 Å². The van der Waals surface area contributed by atoms with Crippen LogP contribution in [-0.2, 0) is 4.79 Å². The molecule has 0 unspecified atom stereocenters. The highest BCUT2D eigenvalue weighted by molar-refractivity contribution is 7.99. The minimum absolute atomic E-state index is 0.0208. The Labute approximate surface area is 216 Å². The van der Waals surface area contributed by atoms with Crippen LogP contribution in [0.1, 0.15) is 5.56 Å². The van der Waals surface area contributed by atoms with E-state index in [1.54, 1.807) is 26.4 Å². The molecule has 1 aromatic heterocycles. The molecule has 0 bridgehead atoms. The molecule has 12 heteroatoms. The number of benzene rings is 3. The number of rotatable bonds is 10. The Kier molecular flexibility index (Phi) is 8.11. The number of hydrogen-bond acceptors (Lipinski definition) is 9. The van der Waals surface area contributed by atoms with E-state index in [2.05, 4.69) is 20.7 Å². The van der Waals surface area contributed by atoms with E-state index in [-0.39, 0.29) is 17.3 Å². The van der Waals surface area contributed by atoms with E-state index in [9.17, 15) is 14.9 Å². The van der Waals surface area contributed by atoms with Crippen molar-refractivity contribution in [1.82, 2.24) is 20.2 Å². The number of methoxy groups -OCH3 is 2. The van der Waals surface area contributed by atoms with Crippen molar-refractivity contribution in [3.63, 3.8) is 0 Å². The van der Waals surface area contributed by atoms with E-state index in [0.29, 0.717) is 22.3 Å². The number of hydrogen-bond donors (Lipinski definition) is 1. The number of aromatic nitrogens is 3. The van der Waals surface area contributed by atoms with Crippen LogP contribution in [0, 0.1) is 10.1 Å². The Morgan fingerprint density at radius 3 is 2.22 bits per heavy atom. The molecule has 0 atom stereocenters. The van der Waals surface area contributed by atoms with Crippen molar-refractivity contribution in [1.29, 1.82) is 0 Å². The highest BCUT2D eigenvalue weighted by atomic mass is 32.2. The van der Waals surface area contributed by atoms with Crippen LogP contribution in [0.3, 0.4) is 0 Å². The minimum atomic E-state index is -0.481. The molecule has 11 nitrogen and oxygen atoms in total. The molecule has 4 rings (SSSR count). The zero-order valence-electron chi connectivity index (χ0n) is 19.9. The van der Waals surface area contributed by atoms with Crippen molar-refractivity contribution in [2.24, 2.45) is 5.10 Å². The lowest BCUT2D eigenvalue weighted by atomic mass is 10.2. The molecule has 0 spiro atoms. The zero-order valence-corrected chi connectivity index (χ0v) is 20.7. The molecule has 0 aliphatic heterocycles. The number of ether oxygens (including phenoxy) is 2. The number of nitrogens with zero attached hydrogens (tertiary/aromatic N) is 5. The van der Waals surface area contributed by atoms with Crippen LogP contribution in [0.4, 0.5) is 5.69 Å². The number of nitro groups is 1. The fraction of sp³-hybridized carbons (Fsp3) is 0.120. The standard InChI is InChI=1S/C25H22N6O5S/c1-35-21-11-5-18(6-12-21)24-28-29-25(30(24)19-9-13-22(36-2)14-10-19)37-16-23(32)27-26-15-17-3-7-20(8-4-17)31(33)34/h3-15H,16H2,1-2H3,(H,27,32)/b26-15-. The zero-order chi connectivity index (χ0) is 26.2. The fourth-order valence-electron chi connectivity index (χ4n) is 3.28. The van der Waals surface area contributed by atoms with Crippen molar-refractivity contribution in [2.45, 2.75) is 5.16 Å². The van der Waals surface area contributed by atoms with Gasteiger partial charge in [-0.2, -0.15) is 5.10 Å². The maximum atomic E-state index is 12.4. The van der Waals surface area contributed by atoms with Gasteiger partial charge in [0, 0.05) is 23.4 Å². The average molecular weight is 519 g/mol. The van der Waals surface area contributed by atoms with Gasteiger partial charge in [-0.3, -0.25) is 19.5 Å². The largest absolute Gasteiger partial charge is 0.497 e. The third-order valence-corrected chi connectivity index (χ3v) is 6.08. The summed E-state index contributed by atoms with van der Waals surface area (Å²) in [6.45, 7) is 0. The summed E-state index contributed by atoms with van der Waals surface area (Å²) in [7, 11) is 3.20. The number of nitrogens with one attached hydrogen (secondary N) is 1. The lowest BCUT2D eigenvalue weighted by Gasteiger charge is -2.11. The molecule has 0 radical (unpaired) electrons. The van der Waals surface area contributed by atoms with Gasteiger partial charge in [-0.15, -0.1) is 10.2 Å². The molecular formula is C25H22N6O5S. The first-order valence-corrected chi connectivity index (χ1v) is 11.9. The number of thioether (sulfide) groups is 1. The van der Waals surface area contributed by atoms with Crippen molar-refractivity contribution in [2.75, 3.05) is 20.0 Å².